The van der Waals surface area contributed by atoms with Crippen LogP contribution >= 0.6 is 0 Å². The Bertz CT molecular complexity index is 741. The Morgan fingerprint density at radius 1 is 1.13 bits per heavy atom. The third kappa shape index (κ3) is 3.57. The molecule has 120 valence electrons. The van der Waals surface area contributed by atoms with Gasteiger partial charge in [0.05, 0.1) is 24.7 Å². The highest BCUT2D eigenvalue weighted by Crippen LogP contribution is 2.32. The first-order chi connectivity index (χ1) is 11.0. The van der Waals surface area contributed by atoms with E-state index in [-0.39, 0.29) is 17.0 Å². The number of nitrogens with one attached hydrogen (secondary N) is 1. The number of anilines is 1. The molecule has 0 aliphatic rings. The van der Waals surface area contributed by atoms with Gasteiger partial charge in [-0.15, -0.1) is 0 Å². The fourth-order valence-corrected chi connectivity index (χ4v) is 2.15. The summed E-state index contributed by atoms with van der Waals surface area (Å²) in [4.78, 5) is 23.0. The first-order valence-electron chi connectivity index (χ1n) is 6.74. The van der Waals surface area contributed by atoms with Crippen LogP contribution in [0.1, 0.15) is 15.9 Å². The highest BCUT2D eigenvalue weighted by Gasteiger charge is 2.23. The molecule has 0 heterocycles. The minimum Gasteiger partial charge on any atom is -0.497 e. The van der Waals surface area contributed by atoms with Gasteiger partial charge in [0, 0.05) is 11.8 Å². The molecule has 0 aliphatic heterocycles. The lowest BCUT2D eigenvalue weighted by Gasteiger charge is -2.11. The summed E-state index contributed by atoms with van der Waals surface area (Å²) in [5, 5.41) is 13.8. The maximum Gasteiger partial charge on any atom is 0.312 e. The Balaban J connectivity index is 2.36. The molecule has 2 aromatic carbocycles. The summed E-state index contributed by atoms with van der Waals surface area (Å²) in [6.07, 6.45) is 0. The van der Waals surface area contributed by atoms with E-state index in [0.717, 1.165) is 0 Å². The lowest BCUT2D eigenvalue weighted by atomic mass is 10.1. The summed E-state index contributed by atoms with van der Waals surface area (Å²) in [5.41, 5.74) is 1.00. The minimum atomic E-state index is -0.573. The molecule has 0 bridgehead atoms. The van der Waals surface area contributed by atoms with E-state index in [1.807, 2.05) is 0 Å². The number of hydrogen-bond donors (Lipinski definition) is 1. The van der Waals surface area contributed by atoms with Gasteiger partial charge in [-0.05, 0) is 42.8 Å². The predicted molar refractivity (Wildman–Crippen MR) is 85.3 cm³/mol. The highest BCUT2D eigenvalue weighted by molar-refractivity contribution is 6.07. The average molecular weight is 316 g/mol. The van der Waals surface area contributed by atoms with Gasteiger partial charge in [0.1, 0.15) is 5.75 Å². The number of nitro groups is 1. The van der Waals surface area contributed by atoms with Crippen molar-refractivity contribution in [2.45, 2.75) is 6.92 Å². The largest absolute Gasteiger partial charge is 0.497 e. The van der Waals surface area contributed by atoms with Crippen molar-refractivity contribution in [3.05, 3.63) is 57.6 Å². The molecule has 7 heteroatoms. The van der Waals surface area contributed by atoms with Crippen LogP contribution in [-0.4, -0.2) is 25.1 Å². The van der Waals surface area contributed by atoms with Crippen molar-refractivity contribution in [1.82, 2.24) is 0 Å². The normalized spacial score (nSPS) is 10.0. The summed E-state index contributed by atoms with van der Waals surface area (Å²) in [6.45, 7) is 1.68. The zero-order valence-electron chi connectivity index (χ0n) is 13.0. The molecular weight excluding hydrogens is 300 g/mol. The zero-order chi connectivity index (χ0) is 17.0. The molecule has 0 aliphatic carbocycles. The number of carbonyl (C=O) groups is 1. The van der Waals surface area contributed by atoms with E-state index >= 15 is 0 Å². The van der Waals surface area contributed by atoms with E-state index in [2.05, 4.69) is 5.32 Å². The van der Waals surface area contributed by atoms with Crippen molar-refractivity contribution in [3.63, 3.8) is 0 Å². The first-order valence-corrected chi connectivity index (χ1v) is 6.74. The van der Waals surface area contributed by atoms with Gasteiger partial charge in [0.15, 0.2) is 0 Å². The molecule has 0 atom stereocenters. The number of amides is 1. The number of carbonyl (C=O) groups excluding carboxylic acids is 1. The zero-order valence-corrected chi connectivity index (χ0v) is 13.0. The Hall–Kier alpha value is -3.09. The molecule has 0 fully saturated rings. The molecule has 2 aromatic rings. The van der Waals surface area contributed by atoms with Crippen LogP contribution in [0, 0.1) is 17.0 Å². The fraction of sp³-hybridized carbons (Fsp3) is 0.188. The molecule has 1 amide bonds. The number of hydrogen-bond acceptors (Lipinski definition) is 5. The molecule has 23 heavy (non-hydrogen) atoms. The van der Waals surface area contributed by atoms with Gasteiger partial charge in [-0.1, -0.05) is 0 Å². The van der Waals surface area contributed by atoms with Crippen LogP contribution < -0.4 is 14.8 Å². The Morgan fingerprint density at radius 3 is 2.30 bits per heavy atom. The minimum absolute atomic E-state index is 0.0633. The molecule has 2 rings (SSSR count). The third-order valence-corrected chi connectivity index (χ3v) is 3.21. The SMILES string of the molecule is COc1ccc(NC(=O)c2cc(C)cc([N+](=O)[O-])c2OC)cc1. The van der Waals surface area contributed by atoms with Crippen molar-refractivity contribution in [2.24, 2.45) is 0 Å². The molecule has 0 radical (unpaired) electrons. The van der Waals surface area contributed by atoms with Gasteiger partial charge in [-0.25, -0.2) is 0 Å². The maximum absolute atomic E-state index is 12.4. The molecule has 0 spiro atoms. The number of aryl methyl sites for hydroxylation is 1. The number of ether oxygens (including phenoxy) is 2. The van der Waals surface area contributed by atoms with Crippen molar-refractivity contribution in [1.29, 1.82) is 0 Å². The van der Waals surface area contributed by atoms with Gasteiger partial charge >= 0.3 is 5.69 Å². The standard InChI is InChI=1S/C16H16N2O5/c1-10-8-13(15(23-3)14(9-10)18(20)21)16(19)17-11-4-6-12(22-2)7-5-11/h4-9H,1-3H3,(H,17,19). The number of methoxy groups -OCH3 is 2. The maximum atomic E-state index is 12.4. The topological polar surface area (TPSA) is 90.7 Å². The summed E-state index contributed by atoms with van der Waals surface area (Å²) >= 11 is 0. The van der Waals surface area contributed by atoms with Crippen LogP contribution in [0.2, 0.25) is 0 Å². The van der Waals surface area contributed by atoms with Crippen LogP contribution in [0.5, 0.6) is 11.5 Å². The Kier molecular flexibility index (Phi) is 4.80. The molecule has 1 N–H and O–H groups in total. The number of nitrogens with zero attached hydrogens (tertiary/aromatic N) is 1. The van der Waals surface area contributed by atoms with Gasteiger partial charge in [0.2, 0.25) is 5.75 Å². The summed E-state index contributed by atoms with van der Waals surface area (Å²) in [5.74, 6) is 0.109. The van der Waals surface area contributed by atoms with E-state index in [4.69, 9.17) is 9.47 Å². The van der Waals surface area contributed by atoms with Crippen LogP contribution in [0.15, 0.2) is 36.4 Å². The van der Waals surface area contributed by atoms with E-state index in [1.54, 1.807) is 44.4 Å². The molecule has 0 saturated heterocycles. The second kappa shape index (κ2) is 6.78. The lowest BCUT2D eigenvalue weighted by Crippen LogP contribution is -2.14. The second-order valence-corrected chi connectivity index (χ2v) is 4.80. The number of rotatable bonds is 5. The first kappa shape index (κ1) is 16.3. The van der Waals surface area contributed by atoms with E-state index in [0.29, 0.717) is 17.0 Å². The molecular formula is C16H16N2O5. The van der Waals surface area contributed by atoms with E-state index < -0.39 is 10.8 Å². The highest BCUT2D eigenvalue weighted by atomic mass is 16.6. The predicted octanol–water partition coefficient (Wildman–Crippen LogP) is 3.17. The Labute approximate surface area is 133 Å². The van der Waals surface area contributed by atoms with Crippen LogP contribution in [-0.2, 0) is 0 Å². The van der Waals surface area contributed by atoms with E-state index in [1.165, 1.54) is 13.2 Å². The second-order valence-electron chi connectivity index (χ2n) is 4.80. The number of benzene rings is 2. The van der Waals surface area contributed by atoms with E-state index in [9.17, 15) is 14.9 Å². The molecule has 0 saturated carbocycles. The monoisotopic (exact) mass is 316 g/mol. The quantitative estimate of drug-likeness (QED) is 0.676. The van der Waals surface area contributed by atoms with Crippen molar-refractivity contribution < 1.29 is 19.2 Å². The molecule has 0 unspecified atom stereocenters. The average Bonchev–Trinajstić information content (AvgIpc) is 2.54. The van der Waals surface area contributed by atoms with Crippen molar-refractivity contribution >= 4 is 17.3 Å². The lowest BCUT2D eigenvalue weighted by molar-refractivity contribution is -0.385. The van der Waals surface area contributed by atoms with Crippen LogP contribution in [0.4, 0.5) is 11.4 Å². The number of nitro benzene ring substituents is 1. The van der Waals surface area contributed by atoms with Gasteiger partial charge in [0.25, 0.3) is 5.91 Å². The Morgan fingerprint density at radius 2 is 1.78 bits per heavy atom. The van der Waals surface area contributed by atoms with Gasteiger partial charge < -0.3 is 14.8 Å². The fourth-order valence-electron chi connectivity index (χ4n) is 2.15. The van der Waals surface area contributed by atoms with Crippen LogP contribution in [0.3, 0.4) is 0 Å². The molecule has 0 aromatic heterocycles. The summed E-state index contributed by atoms with van der Waals surface area (Å²) < 4.78 is 10.1. The smallest absolute Gasteiger partial charge is 0.312 e. The van der Waals surface area contributed by atoms with Gasteiger partial charge in [-0.2, -0.15) is 0 Å². The molecule has 7 nitrogen and oxygen atoms in total. The van der Waals surface area contributed by atoms with Crippen LogP contribution in [0.25, 0.3) is 0 Å². The third-order valence-electron chi connectivity index (χ3n) is 3.21. The van der Waals surface area contributed by atoms with Crippen molar-refractivity contribution in [2.75, 3.05) is 19.5 Å². The summed E-state index contributed by atoms with van der Waals surface area (Å²) in [7, 11) is 2.84. The van der Waals surface area contributed by atoms with Crippen molar-refractivity contribution in [3.8, 4) is 11.5 Å². The van der Waals surface area contributed by atoms with Gasteiger partial charge in [-0.3, -0.25) is 14.9 Å². The summed E-state index contributed by atoms with van der Waals surface area (Å²) in [6, 6.07) is 9.66.